The maximum absolute atomic E-state index is 13.1. The summed E-state index contributed by atoms with van der Waals surface area (Å²) in [6.45, 7) is -3.05. The van der Waals surface area contributed by atoms with E-state index in [1.807, 2.05) is 0 Å². The molecule has 0 spiro atoms. The van der Waals surface area contributed by atoms with Crippen molar-refractivity contribution in [2.24, 2.45) is 0 Å². The van der Waals surface area contributed by atoms with E-state index in [4.69, 9.17) is 4.74 Å². The monoisotopic (exact) mass is 440 g/mol. The highest BCUT2D eigenvalue weighted by molar-refractivity contribution is 6.06. The number of carbonyl (C=O) groups excluding carboxylic acids is 1. The molecule has 0 aliphatic rings. The van der Waals surface area contributed by atoms with Gasteiger partial charge in [-0.2, -0.15) is 22.0 Å². The third-order valence-electron chi connectivity index (χ3n) is 3.86. The summed E-state index contributed by atoms with van der Waals surface area (Å²) in [7, 11) is 0. The molecule has 6 nitrogen and oxygen atoms in total. The Hall–Kier alpha value is -3.89. The summed E-state index contributed by atoms with van der Waals surface area (Å²) in [5, 5.41) is 2.39. The lowest BCUT2D eigenvalue weighted by Gasteiger charge is -2.15. The quantitative estimate of drug-likeness (QED) is 0.527. The van der Waals surface area contributed by atoms with Crippen LogP contribution < -0.4 is 20.3 Å². The predicted molar refractivity (Wildman–Crippen MR) is 99.6 cm³/mol. The molecule has 2 aromatic carbocycles. The van der Waals surface area contributed by atoms with Crippen molar-refractivity contribution in [3.63, 3.8) is 0 Å². The lowest BCUT2D eigenvalue weighted by atomic mass is 10.1. The van der Waals surface area contributed by atoms with Crippen LogP contribution in [-0.4, -0.2) is 17.5 Å². The minimum absolute atomic E-state index is 0.0221. The predicted octanol–water partition coefficient (Wildman–Crippen LogP) is 5.04. The summed E-state index contributed by atoms with van der Waals surface area (Å²) in [5.74, 6) is -1.46. The number of anilines is 1. The van der Waals surface area contributed by atoms with Crippen molar-refractivity contribution in [3.8, 4) is 17.2 Å². The Morgan fingerprint density at radius 2 is 1.65 bits per heavy atom. The van der Waals surface area contributed by atoms with Gasteiger partial charge in [0, 0.05) is 18.0 Å². The van der Waals surface area contributed by atoms with E-state index in [2.05, 4.69) is 15.0 Å². The summed E-state index contributed by atoms with van der Waals surface area (Å²) >= 11 is 0. The summed E-state index contributed by atoms with van der Waals surface area (Å²) in [5.41, 5.74) is -1.69. The summed E-state index contributed by atoms with van der Waals surface area (Å²) in [4.78, 5) is 26.3. The molecule has 162 valence electrons. The smallest absolute Gasteiger partial charge is 0.416 e. The van der Waals surface area contributed by atoms with Gasteiger partial charge < -0.3 is 19.8 Å². The van der Waals surface area contributed by atoms with Crippen LogP contribution in [0.5, 0.6) is 17.2 Å². The largest absolute Gasteiger partial charge is 0.457 e. The number of nitrogens with one attached hydrogen (secondary N) is 2. The lowest BCUT2D eigenvalue weighted by molar-refractivity contribution is -0.137. The van der Waals surface area contributed by atoms with Crippen molar-refractivity contribution in [2.75, 3.05) is 5.32 Å². The van der Waals surface area contributed by atoms with Gasteiger partial charge in [-0.05, 0) is 48.5 Å². The summed E-state index contributed by atoms with van der Waals surface area (Å²) in [6.07, 6.45) is -3.42. The van der Waals surface area contributed by atoms with E-state index >= 15 is 0 Å². The number of alkyl halides is 5. The molecule has 1 aromatic heterocycles. The van der Waals surface area contributed by atoms with Crippen LogP contribution in [-0.2, 0) is 6.18 Å². The number of rotatable bonds is 6. The molecule has 0 aliphatic heterocycles. The molecule has 0 saturated heterocycles. The normalized spacial score (nSPS) is 11.3. The highest BCUT2D eigenvalue weighted by Crippen LogP contribution is 2.35. The molecule has 3 aromatic rings. The molecule has 0 fully saturated rings. The van der Waals surface area contributed by atoms with Crippen molar-refractivity contribution >= 4 is 11.6 Å². The number of halogens is 5. The van der Waals surface area contributed by atoms with Gasteiger partial charge in [0.2, 0.25) is 5.56 Å². The maximum Gasteiger partial charge on any atom is 0.416 e. The summed E-state index contributed by atoms with van der Waals surface area (Å²) < 4.78 is 73.5. The second-order valence-corrected chi connectivity index (χ2v) is 6.06. The van der Waals surface area contributed by atoms with E-state index in [0.717, 1.165) is 24.3 Å². The van der Waals surface area contributed by atoms with Crippen molar-refractivity contribution in [2.45, 2.75) is 12.8 Å². The third kappa shape index (κ3) is 5.81. The van der Waals surface area contributed by atoms with Gasteiger partial charge in [-0.15, -0.1) is 0 Å². The fourth-order valence-electron chi connectivity index (χ4n) is 2.51. The number of H-pyrrole nitrogens is 1. The Bertz CT molecular complexity index is 1130. The molecule has 1 heterocycles. The molecule has 0 aliphatic carbocycles. The number of hydrogen-bond donors (Lipinski definition) is 2. The standard InChI is InChI=1S/C20H13F5N2O4/c21-19(22)31-14-4-2-13(3-5-14)30-16-9-11(20(23,24)25)1-6-15(16)18(29)27-12-7-8-26-17(28)10-12/h1-10,19H,(H2,26,27,28,29). The van der Waals surface area contributed by atoms with Crippen LogP contribution in [0.3, 0.4) is 0 Å². The number of ether oxygens (including phenoxy) is 2. The molecule has 31 heavy (non-hydrogen) atoms. The van der Waals surface area contributed by atoms with Crippen molar-refractivity contribution < 1.29 is 36.2 Å². The molecule has 1 amide bonds. The third-order valence-corrected chi connectivity index (χ3v) is 3.86. The van der Waals surface area contributed by atoms with E-state index in [1.165, 1.54) is 24.4 Å². The fourth-order valence-corrected chi connectivity index (χ4v) is 2.51. The zero-order valence-corrected chi connectivity index (χ0v) is 15.4. The van der Waals surface area contributed by atoms with Crippen molar-refractivity contribution in [1.29, 1.82) is 0 Å². The van der Waals surface area contributed by atoms with E-state index in [1.54, 1.807) is 0 Å². The highest BCUT2D eigenvalue weighted by atomic mass is 19.4. The zero-order valence-electron chi connectivity index (χ0n) is 15.4. The number of benzene rings is 2. The Kier molecular flexibility index (Phi) is 6.23. The first-order valence-corrected chi connectivity index (χ1v) is 8.56. The van der Waals surface area contributed by atoms with Crippen LogP contribution in [0.25, 0.3) is 0 Å². The number of hydrogen-bond acceptors (Lipinski definition) is 4. The summed E-state index contributed by atoms with van der Waals surface area (Å²) in [6, 6.07) is 9.38. The molecule has 0 saturated carbocycles. The zero-order chi connectivity index (χ0) is 22.6. The van der Waals surface area contributed by atoms with E-state index in [9.17, 15) is 31.5 Å². The molecule has 0 bridgehead atoms. The maximum atomic E-state index is 13.1. The lowest BCUT2D eigenvalue weighted by Crippen LogP contribution is -2.16. The second-order valence-electron chi connectivity index (χ2n) is 6.06. The topological polar surface area (TPSA) is 80.4 Å². The Morgan fingerprint density at radius 3 is 2.26 bits per heavy atom. The van der Waals surface area contributed by atoms with Crippen LogP contribution in [0.4, 0.5) is 27.6 Å². The SMILES string of the molecule is O=C(Nc1cc[nH]c(=O)c1)c1ccc(C(F)(F)F)cc1Oc1ccc(OC(F)F)cc1. The Labute approximate surface area is 171 Å². The van der Waals surface area contributed by atoms with Crippen LogP contribution in [0, 0.1) is 0 Å². The number of aromatic nitrogens is 1. The molecule has 11 heteroatoms. The van der Waals surface area contributed by atoms with Gasteiger partial charge in [0.1, 0.15) is 17.2 Å². The first-order valence-electron chi connectivity index (χ1n) is 8.56. The second kappa shape index (κ2) is 8.86. The van der Waals surface area contributed by atoms with E-state index < -0.39 is 35.6 Å². The molecular weight excluding hydrogens is 427 g/mol. The van der Waals surface area contributed by atoms with Crippen LogP contribution in [0.1, 0.15) is 15.9 Å². The van der Waals surface area contributed by atoms with Gasteiger partial charge in [0.15, 0.2) is 0 Å². The van der Waals surface area contributed by atoms with Gasteiger partial charge in [-0.3, -0.25) is 9.59 Å². The number of aromatic amines is 1. The van der Waals surface area contributed by atoms with Gasteiger partial charge in [0.05, 0.1) is 11.1 Å². The Balaban J connectivity index is 1.92. The highest BCUT2D eigenvalue weighted by Gasteiger charge is 2.32. The van der Waals surface area contributed by atoms with E-state index in [0.29, 0.717) is 12.1 Å². The molecule has 2 N–H and O–H groups in total. The Morgan fingerprint density at radius 1 is 0.968 bits per heavy atom. The van der Waals surface area contributed by atoms with Crippen molar-refractivity contribution in [1.82, 2.24) is 4.98 Å². The first kappa shape index (κ1) is 21.8. The number of pyridine rings is 1. The molecule has 0 atom stereocenters. The molecule has 0 radical (unpaired) electrons. The van der Waals surface area contributed by atoms with Crippen LogP contribution in [0.2, 0.25) is 0 Å². The van der Waals surface area contributed by atoms with Crippen LogP contribution >= 0.6 is 0 Å². The molecular formula is C20H13F5N2O4. The van der Waals surface area contributed by atoms with Gasteiger partial charge in [-0.25, -0.2) is 0 Å². The average Bonchev–Trinajstić information content (AvgIpc) is 2.68. The minimum atomic E-state index is -4.70. The first-order chi connectivity index (χ1) is 14.6. The fraction of sp³-hybridized carbons (Fsp3) is 0.100. The minimum Gasteiger partial charge on any atom is -0.457 e. The average molecular weight is 440 g/mol. The van der Waals surface area contributed by atoms with Gasteiger partial charge >= 0.3 is 12.8 Å². The van der Waals surface area contributed by atoms with Gasteiger partial charge in [0.25, 0.3) is 5.91 Å². The number of amides is 1. The van der Waals surface area contributed by atoms with Crippen molar-refractivity contribution in [3.05, 3.63) is 82.3 Å². The van der Waals surface area contributed by atoms with E-state index in [-0.39, 0.29) is 22.7 Å². The number of carbonyl (C=O) groups is 1. The molecule has 3 rings (SSSR count). The van der Waals surface area contributed by atoms with Crippen LogP contribution in [0.15, 0.2) is 65.6 Å². The van der Waals surface area contributed by atoms with Gasteiger partial charge in [-0.1, -0.05) is 0 Å². The molecule has 0 unspecified atom stereocenters.